The van der Waals surface area contributed by atoms with Crippen molar-refractivity contribution in [2.75, 3.05) is 7.11 Å². The highest BCUT2D eigenvalue weighted by Crippen LogP contribution is 2.10. The molecule has 0 bridgehead atoms. The molecular weight excluding hydrogens is 203 g/mol. The van der Waals surface area contributed by atoms with Gasteiger partial charge in [0.1, 0.15) is 5.82 Å². The molecule has 0 aliphatic rings. The number of ether oxygens (including phenoxy) is 1. The molecule has 0 radical (unpaired) electrons. The summed E-state index contributed by atoms with van der Waals surface area (Å²) < 4.78 is 17.1. The largest absolute Gasteiger partial charge is 0.483 e. The molecule has 5 heteroatoms. The van der Waals surface area contributed by atoms with Crippen molar-refractivity contribution in [3.05, 3.63) is 35.1 Å². The molecule has 15 heavy (non-hydrogen) atoms. The van der Waals surface area contributed by atoms with Crippen LogP contribution in [-0.4, -0.2) is 24.7 Å². The number of methoxy groups -OCH3 is 1. The summed E-state index contributed by atoms with van der Waals surface area (Å²) in [7, 11) is 1.30. The van der Waals surface area contributed by atoms with Gasteiger partial charge in [0.2, 0.25) is 0 Å². The molecule has 1 aromatic rings. The van der Waals surface area contributed by atoms with Crippen LogP contribution in [-0.2, 0) is 9.53 Å². The fraction of sp³-hybridized carbons (Fsp3) is 0.200. The number of rotatable bonds is 1. The van der Waals surface area contributed by atoms with Gasteiger partial charge in [-0.25, -0.2) is 9.18 Å². The van der Waals surface area contributed by atoms with Crippen molar-refractivity contribution < 1.29 is 23.8 Å². The Morgan fingerprint density at radius 1 is 1.53 bits per heavy atom. The van der Waals surface area contributed by atoms with E-state index in [0.29, 0.717) is 11.1 Å². The highest BCUT2D eigenvalue weighted by Gasteiger charge is 2.08. The molecule has 0 atom stereocenters. The lowest BCUT2D eigenvalue weighted by Crippen LogP contribution is -2.03. The summed E-state index contributed by atoms with van der Waals surface area (Å²) in [6.45, 7) is 1.41. The quantitative estimate of drug-likeness (QED) is 0.570. The maximum Gasteiger partial charge on any atom is 0.338 e. The number of halogens is 1. The summed E-state index contributed by atoms with van der Waals surface area (Å²) in [6.07, 6.45) is 0. The zero-order chi connectivity index (χ0) is 11.8. The van der Waals surface area contributed by atoms with Gasteiger partial charge >= 0.3 is 5.97 Å². The van der Waals surface area contributed by atoms with Crippen molar-refractivity contribution in [3.8, 4) is 0 Å². The lowest BCUT2D eigenvalue weighted by Gasteiger charge is -2.02. The van der Waals surface area contributed by atoms with Crippen LogP contribution in [0.4, 0.5) is 4.39 Å². The SMILES string of the molecule is COC(=O)c1ccc(F)cc1C.O=CO. The van der Waals surface area contributed by atoms with E-state index in [2.05, 4.69) is 4.74 Å². The first-order valence-corrected chi connectivity index (χ1v) is 3.99. The van der Waals surface area contributed by atoms with Gasteiger partial charge in [-0.3, -0.25) is 4.79 Å². The fourth-order valence-electron chi connectivity index (χ4n) is 0.966. The molecule has 0 saturated carbocycles. The molecule has 0 aliphatic carbocycles. The summed E-state index contributed by atoms with van der Waals surface area (Å²) in [5, 5.41) is 6.89. The third kappa shape index (κ3) is 4.21. The van der Waals surface area contributed by atoms with E-state index < -0.39 is 5.97 Å². The van der Waals surface area contributed by atoms with Crippen LogP contribution in [0, 0.1) is 12.7 Å². The summed E-state index contributed by atoms with van der Waals surface area (Å²) >= 11 is 0. The van der Waals surface area contributed by atoms with Crippen molar-refractivity contribution in [2.24, 2.45) is 0 Å². The van der Waals surface area contributed by atoms with Crippen molar-refractivity contribution in [3.63, 3.8) is 0 Å². The van der Waals surface area contributed by atoms with Gasteiger partial charge in [-0.15, -0.1) is 0 Å². The molecule has 0 aliphatic heterocycles. The van der Waals surface area contributed by atoms with Crippen LogP contribution < -0.4 is 0 Å². The molecule has 0 aromatic heterocycles. The monoisotopic (exact) mass is 214 g/mol. The first kappa shape index (κ1) is 13.1. The van der Waals surface area contributed by atoms with Crippen LogP contribution in [0.1, 0.15) is 15.9 Å². The molecule has 0 spiro atoms. The van der Waals surface area contributed by atoms with Crippen molar-refractivity contribution in [2.45, 2.75) is 6.92 Å². The first-order valence-electron chi connectivity index (χ1n) is 3.99. The number of carbonyl (C=O) groups is 2. The highest BCUT2D eigenvalue weighted by molar-refractivity contribution is 5.90. The van der Waals surface area contributed by atoms with Crippen LogP contribution in [0.15, 0.2) is 18.2 Å². The van der Waals surface area contributed by atoms with Crippen molar-refractivity contribution >= 4 is 12.4 Å². The van der Waals surface area contributed by atoms with Crippen LogP contribution in [0.25, 0.3) is 0 Å². The molecule has 1 rings (SSSR count). The Bertz CT molecular complexity index is 349. The van der Waals surface area contributed by atoms with Gasteiger partial charge in [-0.05, 0) is 30.7 Å². The van der Waals surface area contributed by atoms with E-state index >= 15 is 0 Å². The van der Waals surface area contributed by atoms with Gasteiger partial charge in [0.15, 0.2) is 0 Å². The van der Waals surface area contributed by atoms with Gasteiger partial charge in [0.05, 0.1) is 12.7 Å². The van der Waals surface area contributed by atoms with E-state index in [1.165, 1.54) is 25.3 Å². The lowest BCUT2D eigenvalue weighted by atomic mass is 10.1. The predicted octanol–water partition coefficient (Wildman–Crippen LogP) is 1.62. The maximum absolute atomic E-state index is 12.6. The Hall–Kier alpha value is -1.91. The molecule has 0 saturated heterocycles. The molecule has 1 aromatic carbocycles. The Morgan fingerprint density at radius 3 is 2.47 bits per heavy atom. The van der Waals surface area contributed by atoms with Crippen molar-refractivity contribution in [1.29, 1.82) is 0 Å². The summed E-state index contributed by atoms with van der Waals surface area (Å²) in [6, 6.07) is 3.95. The molecule has 0 heterocycles. The smallest absolute Gasteiger partial charge is 0.338 e. The van der Waals surface area contributed by atoms with E-state index in [4.69, 9.17) is 9.90 Å². The normalized spacial score (nSPS) is 8.47. The highest BCUT2D eigenvalue weighted by atomic mass is 19.1. The zero-order valence-electron chi connectivity index (χ0n) is 8.36. The summed E-state index contributed by atoms with van der Waals surface area (Å²) in [4.78, 5) is 19.4. The number of aryl methyl sites for hydroxylation is 1. The van der Waals surface area contributed by atoms with E-state index in [-0.39, 0.29) is 12.3 Å². The minimum absolute atomic E-state index is 0.250. The molecule has 1 N–H and O–H groups in total. The van der Waals surface area contributed by atoms with Gasteiger partial charge in [0.25, 0.3) is 6.47 Å². The third-order valence-electron chi connectivity index (χ3n) is 1.59. The fourth-order valence-corrected chi connectivity index (χ4v) is 0.966. The second-order valence-electron chi connectivity index (χ2n) is 2.56. The molecule has 0 fully saturated rings. The van der Waals surface area contributed by atoms with Gasteiger partial charge in [0, 0.05) is 0 Å². The Kier molecular flexibility index (Phi) is 5.70. The Morgan fingerprint density at radius 2 is 2.07 bits per heavy atom. The minimum Gasteiger partial charge on any atom is -0.483 e. The number of hydrogen-bond acceptors (Lipinski definition) is 3. The maximum atomic E-state index is 12.6. The molecule has 0 amide bonds. The molecule has 4 nitrogen and oxygen atoms in total. The van der Waals surface area contributed by atoms with E-state index in [1.54, 1.807) is 6.92 Å². The summed E-state index contributed by atoms with van der Waals surface area (Å²) in [5.74, 6) is -0.785. The number of carbonyl (C=O) groups excluding carboxylic acids is 1. The zero-order valence-corrected chi connectivity index (χ0v) is 8.36. The van der Waals surface area contributed by atoms with Crippen LogP contribution in [0.3, 0.4) is 0 Å². The number of hydrogen-bond donors (Lipinski definition) is 1. The average Bonchev–Trinajstić information content (AvgIpc) is 2.18. The van der Waals surface area contributed by atoms with Crippen molar-refractivity contribution in [1.82, 2.24) is 0 Å². The molecule has 0 unspecified atom stereocenters. The number of carboxylic acid groups (broad SMARTS) is 1. The second-order valence-corrected chi connectivity index (χ2v) is 2.56. The van der Waals surface area contributed by atoms with Crippen LogP contribution >= 0.6 is 0 Å². The topological polar surface area (TPSA) is 63.6 Å². The average molecular weight is 214 g/mol. The Balaban J connectivity index is 0.000000583. The van der Waals surface area contributed by atoms with Gasteiger partial charge in [-0.1, -0.05) is 0 Å². The van der Waals surface area contributed by atoms with E-state index in [1.807, 2.05) is 0 Å². The number of esters is 1. The van der Waals surface area contributed by atoms with Gasteiger partial charge < -0.3 is 9.84 Å². The third-order valence-corrected chi connectivity index (χ3v) is 1.59. The summed E-state index contributed by atoms with van der Waals surface area (Å²) in [5.41, 5.74) is 0.987. The standard InChI is InChI=1S/C9H9FO2.CH2O2/c1-6-5-7(10)3-4-8(6)9(11)12-2;2-1-3/h3-5H,1-2H3;1H,(H,2,3). The van der Waals surface area contributed by atoms with Gasteiger partial charge in [-0.2, -0.15) is 0 Å². The van der Waals surface area contributed by atoms with E-state index in [9.17, 15) is 9.18 Å². The molecule has 82 valence electrons. The van der Waals surface area contributed by atoms with E-state index in [0.717, 1.165) is 0 Å². The predicted molar refractivity (Wildman–Crippen MR) is 51.2 cm³/mol. The first-order chi connectivity index (χ1) is 7.06. The van der Waals surface area contributed by atoms with Crippen LogP contribution in [0.2, 0.25) is 0 Å². The lowest BCUT2D eigenvalue weighted by molar-refractivity contribution is -0.122. The Labute approximate surface area is 86.3 Å². The second kappa shape index (κ2) is 6.53. The minimum atomic E-state index is -0.438. The van der Waals surface area contributed by atoms with Crippen LogP contribution in [0.5, 0.6) is 0 Å². The number of benzene rings is 1. The molecular formula is C10H11FO4.